The summed E-state index contributed by atoms with van der Waals surface area (Å²) in [5.74, 6) is 0.0280. The predicted octanol–water partition coefficient (Wildman–Crippen LogP) is 7.04. The summed E-state index contributed by atoms with van der Waals surface area (Å²) in [6.45, 7) is 0. The second-order valence-electron chi connectivity index (χ2n) is 3.85. The lowest BCUT2D eigenvalue weighted by Crippen LogP contribution is -2.01. The van der Waals surface area contributed by atoms with E-state index in [1.165, 1.54) is 36.4 Å². The molecule has 2 aromatic carbocycles. The van der Waals surface area contributed by atoms with Crippen molar-refractivity contribution in [2.24, 2.45) is 0 Å². The number of rotatable bonds is 5. The van der Waals surface area contributed by atoms with E-state index in [9.17, 15) is 4.57 Å². The molecule has 0 radical (unpaired) electrons. The topological polar surface area (TPSA) is 44.8 Å². The molecule has 0 aromatic heterocycles. The standard InChI is InChI=1S/C12H6Cl5O4P/c13-7-1-3-11(9(15)5-7)19-22(18,21-17)20-12-4-2-8(14)6-10(12)16/h1-6H. The molecule has 0 unspecified atom stereocenters. The molecule has 0 saturated heterocycles. The van der Waals surface area contributed by atoms with E-state index in [1.54, 1.807) is 0 Å². The first-order valence-corrected chi connectivity index (χ1v) is 8.81. The van der Waals surface area contributed by atoms with Gasteiger partial charge in [-0.2, -0.15) is 4.08 Å². The maximum Gasteiger partial charge on any atom is 0.604 e. The van der Waals surface area contributed by atoms with Crippen LogP contribution < -0.4 is 9.05 Å². The van der Waals surface area contributed by atoms with Crippen LogP contribution in [-0.2, 0) is 8.64 Å². The van der Waals surface area contributed by atoms with Gasteiger partial charge in [-0.1, -0.05) is 46.4 Å². The van der Waals surface area contributed by atoms with Gasteiger partial charge in [0.25, 0.3) is 0 Å². The molecule has 10 heteroatoms. The maximum atomic E-state index is 12.4. The quantitative estimate of drug-likeness (QED) is 0.485. The maximum absolute atomic E-state index is 12.4. The van der Waals surface area contributed by atoms with Crippen LogP contribution in [0.15, 0.2) is 36.4 Å². The van der Waals surface area contributed by atoms with Gasteiger partial charge in [-0.25, -0.2) is 4.57 Å². The van der Waals surface area contributed by atoms with Crippen LogP contribution in [0.2, 0.25) is 20.1 Å². The van der Waals surface area contributed by atoms with E-state index in [4.69, 9.17) is 67.3 Å². The lowest BCUT2D eigenvalue weighted by atomic mass is 10.3. The van der Waals surface area contributed by atoms with Crippen LogP contribution in [0.1, 0.15) is 0 Å². The predicted molar refractivity (Wildman–Crippen MR) is 88.7 cm³/mol. The molecule has 0 heterocycles. The van der Waals surface area contributed by atoms with Gasteiger partial charge in [0, 0.05) is 10.0 Å². The first-order valence-electron chi connectivity index (χ1n) is 5.52. The van der Waals surface area contributed by atoms with E-state index >= 15 is 0 Å². The van der Waals surface area contributed by atoms with Gasteiger partial charge in [-0.15, -0.1) is 0 Å². The molecular formula is C12H6Cl5O4P. The summed E-state index contributed by atoms with van der Waals surface area (Å²) in [7, 11) is -4.22. The second-order valence-corrected chi connectivity index (χ2v) is 7.35. The van der Waals surface area contributed by atoms with Gasteiger partial charge in [0.05, 0.1) is 21.9 Å². The van der Waals surface area contributed by atoms with Crippen LogP contribution in [0.4, 0.5) is 0 Å². The highest BCUT2D eigenvalue weighted by Crippen LogP contribution is 2.53. The van der Waals surface area contributed by atoms with Gasteiger partial charge in [0.15, 0.2) is 11.5 Å². The zero-order chi connectivity index (χ0) is 16.3. The minimum Gasteiger partial charge on any atom is -0.393 e. The zero-order valence-corrected chi connectivity index (χ0v) is 15.1. The molecule has 0 fully saturated rings. The average molecular weight is 422 g/mol. The molecule has 2 aromatic rings. The van der Waals surface area contributed by atoms with Crippen LogP contribution >= 0.6 is 66.1 Å². The minimum atomic E-state index is -4.22. The van der Waals surface area contributed by atoms with E-state index in [-0.39, 0.29) is 21.5 Å². The largest absolute Gasteiger partial charge is 0.604 e. The summed E-state index contributed by atoms with van der Waals surface area (Å²) in [5, 5.41) is 0.959. The Bertz CT molecular complexity index is 682. The molecule has 0 N–H and O–H groups in total. The van der Waals surface area contributed by atoms with Crippen LogP contribution in [0.5, 0.6) is 11.5 Å². The highest BCUT2D eigenvalue weighted by atomic mass is 35.5. The Kier molecular flexibility index (Phi) is 6.14. The van der Waals surface area contributed by atoms with Crippen molar-refractivity contribution in [2.75, 3.05) is 0 Å². The van der Waals surface area contributed by atoms with E-state index < -0.39 is 7.82 Å². The van der Waals surface area contributed by atoms with E-state index in [0.29, 0.717) is 10.0 Å². The lowest BCUT2D eigenvalue weighted by molar-refractivity contribution is 0.308. The van der Waals surface area contributed by atoms with Crippen molar-refractivity contribution in [1.29, 1.82) is 0 Å². The smallest absolute Gasteiger partial charge is 0.393 e. The zero-order valence-electron chi connectivity index (χ0n) is 10.4. The van der Waals surface area contributed by atoms with Crippen molar-refractivity contribution < 1.29 is 17.7 Å². The third kappa shape index (κ3) is 4.59. The first-order chi connectivity index (χ1) is 10.3. The summed E-state index contributed by atoms with van der Waals surface area (Å²) in [6, 6.07) is 8.53. The number of hydrogen-bond donors (Lipinski definition) is 0. The Balaban J connectivity index is 2.26. The van der Waals surface area contributed by atoms with Gasteiger partial charge >= 0.3 is 7.82 Å². The monoisotopic (exact) mass is 420 g/mol. The Morgan fingerprint density at radius 2 is 1.18 bits per heavy atom. The van der Waals surface area contributed by atoms with E-state index in [1.807, 2.05) is 0 Å². The number of phosphoric acid groups is 1. The molecule has 2 rings (SSSR count). The van der Waals surface area contributed by atoms with Crippen LogP contribution in [-0.4, -0.2) is 0 Å². The first kappa shape index (κ1) is 18.0. The molecule has 0 aliphatic rings. The highest BCUT2D eigenvalue weighted by Gasteiger charge is 2.32. The molecular weight excluding hydrogens is 416 g/mol. The third-order valence-electron chi connectivity index (χ3n) is 2.29. The summed E-state index contributed by atoms with van der Waals surface area (Å²) in [5.41, 5.74) is 0. The van der Waals surface area contributed by atoms with Crippen molar-refractivity contribution in [3.8, 4) is 11.5 Å². The molecule has 4 nitrogen and oxygen atoms in total. The molecule has 0 bridgehead atoms. The van der Waals surface area contributed by atoms with Crippen molar-refractivity contribution in [3.05, 3.63) is 56.5 Å². The molecule has 0 aliphatic carbocycles. The van der Waals surface area contributed by atoms with Gasteiger partial charge in [0.1, 0.15) is 0 Å². The highest BCUT2D eigenvalue weighted by molar-refractivity contribution is 7.50. The van der Waals surface area contributed by atoms with Crippen LogP contribution in [0.3, 0.4) is 0 Å². The molecule has 0 saturated carbocycles. The third-order valence-corrected chi connectivity index (χ3v) is 4.87. The Hall–Kier alpha value is -0.320. The van der Waals surface area contributed by atoms with Gasteiger partial charge in [-0.05, 0) is 36.4 Å². The summed E-state index contributed by atoms with van der Waals surface area (Å²) < 4.78 is 27.0. The molecule has 0 aliphatic heterocycles. The van der Waals surface area contributed by atoms with Gasteiger partial charge < -0.3 is 9.05 Å². The SMILES string of the molecule is O=P(OCl)(Oc1ccc(Cl)cc1Cl)Oc1ccc(Cl)cc1Cl. The van der Waals surface area contributed by atoms with Crippen molar-refractivity contribution >= 4 is 66.1 Å². The van der Waals surface area contributed by atoms with Gasteiger partial charge in [0.2, 0.25) is 0 Å². The molecule has 22 heavy (non-hydrogen) atoms. The Labute approximate surface area is 151 Å². The summed E-state index contributed by atoms with van der Waals surface area (Å²) in [6.07, 6.45) is 0. The van der Waals surface area contributed by atoms with E-state index in [0.717, 1.165) is 0 Å². The molecule has 0 spiro atoms. The van der Waals surface area contributed by atoms with Crippen molar-refractivity contribution in [1.82, 2.24) is 0 Å². The lowest BCUT2D eigenvalue weighted by Gasteiger charge is -2.17. The van der Waals surface area contributed by atoms with Crippen molar-refractivity contribution in [3.63, 3.8) is 0 Å². The van der Waals surface area contributed by atoms with Crippen molar-refractivity contribution in [2.45, 2.75) is 0 Å². The average Bonchev–Trinajstić information content (AvgIpc) is 2.45. The van der Waals surface area contributed by atoms with Crippen LogP contribution in [0, 0.1) is 0 Å². The normalized spacial score (nSPS) is 11.3. The minimum absolute atomic E-state index is 0.0140. The number of halogens is 5. The number of phosphoric ester groups is 1. The number of hydrogen-bond acceptors (Lipinski definition) is 4. The Morgan fingerprint density at radius 1 is 0.773 bits per heavy atom. The fourth-order valence-electron chi connectivity index (χ4n) is 1.39. The second kappa shape index (κ2) is 7.50. The summed E-state index contributed by atoms with van der Waals surface area (Å²) in [4.78, 5) is 0. The molecule has 0 amide bonds. The molecule has 0 atom stereocenters. The number of benzene rings is 2. The molecule has 118 valence electrons. The van der Waals surface area contributed by atoms with Gasteiger partial charge in [-0.3, -0.25) is 0 Å². The summed E-state index contributed by atoms with van der Waals surface area (Å²) >= 11 is 28.6. The Morgan fingerprint density at radius 3 is 1.50 bits per heavy atom. The van der Waals surface area contributed by atoms with E-state index in [2.05, 4.69) is 4.08 Å². The fourth-order valence-corrected chi connectivity index (χ4v) is 3.45. The van der Waals surface area contributed by atoms with Crippen LogP contribution in [0.25, 0.3) is 0 Å². The fraction of sp³-hybridized carbons (Fsp3) is 0.